The molecule has 0 aliphatic heterocycles. The Morgan fingerprint density at radius 1 is 0.720 bits per heavy atom. The topological polar surface area (TPSA) is 132 Å². The van der Waals surface area contributed by atoms with Gasteiger partial charge in [0.25, 0.3) is 0 Å². The molecule has 0 amide bonds. The van der Waals surface area contributed by atoms with Crippen LogP contribution in [-0.2, 0) is 39.9 Å². The maximum Gasteiger partial charge on any atom is 0.330 e. The number of esters is 5. The van der Waals surface area contributed by atoms with Crippen molar-refractivity contribution < 1.29 is 52.0 Å². The molecule has 0 saturated heterocycles. The van der Waals surface area contributed by atoms with Gasteiger partial charge in [-0.15, -0.1) is 9.24 Å². The lowest BCUT2D eigenvalue weighted by Gasteiger charge is -2.26. The number of unbranched alkanes of at least 4 members (excludes halogenated alkanes) is 1. The molecule has 10 nitrogen and oxygen atoms in total. The molecule has 50 heavy (non-hydrogen) atoms. The molecule has 1 atom stereocenters. The molecule has 0 radical (unpaired) electrons. The van der Waals surface area contributed by atoms with Crippen LogP contribution in [-0.4, -0.2) is 43.1 Å². The second-order valence-corrected chi connectivity index (χ2v) is 13.4. The fraction of sp³-hybridized carbons (Fsp3) is 0.500. The zero-order valence-corrected chi connectivity index (χ0v) is 29.6. The van der Waals surface area contributed by atoms with Gasteiger partial charge in [0.15, 0.2) is 0 Å². The van der Waals surface area contributed by atoms with Crippen molar-refractivity contribution in [2.75, 3.05) is 13.2 Å². The van der Waals surface area contributed by atoms with Crippen LogP contribution in [0.2, 0.25) is 0 Å². The second-order valence-electron chi connectivity index (χ2n) is 12.8. The molecule has 0 N–H and O–H groups in total. The van der Waals surface area contributed by atoms with Crippen LogP contribution in [0.5, 0.6) is 17.2 Å². The average Bonchev–Trinajstić information content (AvgIpc) is 3.11. The minimum absolute atomic E-state index is 0.243. The number of hydrogen-bond donors (Lipinski definition) is 0. The van der Waals surface area contributed by atoms with E-state index in [4.69, 9.17) is 23.7 Å². The van der Waals surface area contributed by atoms with Gasteiger partial charge >= 0.3 is 29.8 Å². The van der Waals surface area contributed by atoms with Gasteiger partial charge in [-0.25, -0.2) is 9.18 Å². The summed E-state index contributed by atoms with van der Waals surface area (Å²) in [7, 11) is 2.50. The third-order valence-corrected chi connectivity index (χ3v) is 9.68. The molecule has 2 aliphatic carbocycles. The SMILES string of the molecule is C=CC(=O)OCCCCOC(=O)C1CCC(C(=O)Oc2ccc(OC(=O)C3CCC(C(=O)Oc4cc(F)cc(P)c4CCC)CC3)cc2)CC1. The van der Waals surface area contributed by atoms with Crippen LogP contribution < -0.4 is 19.5 Å². The van der Waals surface area contributed by atoms with Crippen molar-refractivity contribution in [3.63, 3.8) is 0 Å². The molecule has 1 unspecified atom stereocenters. The lowest BCUT2D eigenvalue weighted by Crippen LogP contribution is -2.30. The van der Waals surface area contributed by atoms with Crippen molar-refractivity contribution >= 4 is 44.4 Å². The Bertz CT molecular complexity index is 1510. The molecular formula is C38H46FO10P. The molecule has 0 heterocycles. The lowest BCUT2D eigenvalue weighted by atomic mass is 9.82. The first-order valence-corrected chi connectivity index (χ1v) is 17.9. The van der Waals surface area contributed by atoms with Crippen molar-refractivity contribution in [1.29, 1.82) is 0 Å². The number of rotatable bonds is 15. The van der Waals surface area contributed by atoms with Crippen molar-refractivity contribution in [2.45, 2.75) is 84.0 Å². The third-order valence-electron chi connectivity index (χ3n) is 9.16. The van der Waals surface area contributed by atoms with Crippen LogP contribution in [0.1, 0.15) is 83.1 Å². The van der Waals surface area contributed by atoms with Gasteiger partial charge in [0.2, 0.25) is 0 Å². The summed E-state index contributed by atoms with van der Waals surface area (Å²) in [6.45, 7) is 5.82. The van der Waals surface area contributed by atoms with E-state index in [1.807, 2.05) is 6.92 Å². The van der Waals surface area contributed by atoms with Gasteiger partial charge in [0.05, 0.1) is 36.9 Å². The Kier molecular flexibility index (Phi) is 15.0. The van der Waals surface area contributed by atoms with Gasteiger partial charge in [-0.05, 0) is 106 Å². The summed E-state index contributed by atoms with van der Waals surface area (Å²) in [4.78, 5) is 62.0. The van der Waals surface area contributed by atoms with Gasteiger partial charge < -0.3 is 23.7 Å². The van der Waals surface area contributed by atoms with E-state index >= 15 is 0 Å². The predicted octanol–water partition coefficient (Wildman–Crippen LogP) is 6.36. The number of ether oxygens (including phenoxy) is 5. The maximum atomic E-state index is 14.0. The Hall–Kier alpha value is -4.11. The van der Waals surface area contributed by atoms with E-state index in [2.05, 4.69) is 15.8 Å². The third kappa shape index (κ3) is 11.5. The number of halogens is 1. The predicted molar refractivity (Wildman–Crippen MR) is 185 cm³/mol. The molecule has 270 valence electrons. The zero-order chi connectivity index (χ0) is 36.0. The zero-order valence-electron chi connectivity index (χ0n) is 28.5. The van der Waals surface area contributed by atoms with Crippen LogP contribution >= 0.6 is 9.24 Å². The first-order chi connectivity index (χ1) is 24.1. The monoisotopic (exact) mass is 712 g/mol. The first kappa shape index (κ1) is 38.7. The Balaban J connectivity index is 1.14. The molecule has 2 aromatic rings. The number of benzene rings is 2. The molecular weight excluding hydrogens is 666 g/mol. The van der Waals surface area contributed by atoms with Crippen LogP contribution in [0.4, 0.5) is 4.39 Å². The second kappa shape index (κ2) is 19.3. The van der Waals surface area contributed by atoms with Crippen LogP contribution in [0.25, 0.3) is 0 Å². The van der Waals surface area contributed by atoms with E-state index in [0.717, 1.165) is 18.1 Å². The Labute approximate surface area is 294 Å². The van der Waals surface area contributed by atoms with E-state index < -0.39 is 23.7 Å². The van der Waals surface area contributed by atoms with E-state index in [9.17, 15) is 28.4 Å². The van der Waals surface area contributed by atoms with Crippen molar-refractivity contribution in [1.82, 2.24) is 0 Å². The fourth-order valence-electron chi connectivity index (χ4n) is 6.26. The van der Waals surface area contributed by atoms with Gasteiger partial charge in [-0.3, -0.25) is 19.2 Å². The highest BCUT2D eigenvalue weighted by molar-refractivity contribution is 7.27. The highest BCUT2D eigenvalue weighted by atomic mass is 31.0. The van der Waals surface area contributed by atoms with Crippen LogP contribution in [0.15, 0.2) is 49.1 Å². The minimum atomic E-state index is -0.482. The van der Waals surface area contributed by atoms with Crippen molar-refractivity contribution in [3.8, 4) is 17.2 Å². The largest absolute Gasteiger partial charge is 0.465 e. The summed E-state index contributed by atoms with van der Waals surface area (Å²) in [5.41, 5.74) is 0.795. The van der Waals surface area contributed by atoms with Gasteiger partial charge in [0, 0.05) is 17.7 Å². The smallest absolute Gasteiger partial charge is 0.330 e. The van der Waals surface area contributed by atoms with Crippen molar-refractivity contribution in [3.05, 3.63) is 60.4 Å². The normalized spacial score (nSPS) is 20.2. The molecule has 12 heteroatoms. The van der Waals surface area contributed by atoms with E-state index in [-0.39, 0.29) is 54.6 Å². The summed E-state index contributed by atoms with van der Waals surface area (Å²) in [6.07, 6.45) is 7.65. The minimum Gasteiger partial charge on any atom is -0.465 e. The molecule has 0 spiro atoms. The molecule has 2 aromatic carbocycles. The molecule has 0 aromatic heterocycles. The summed E-state index contributed by atoms with van der Waals surface area (Å²) in [6, 6.07) is 8.90. The van der Waals surface area contributed by atoms with E-state index in [1.165, 1.54) is 12.1 Å². The Morgan fingerprint density at radius 3 is 1.62 bits per heavy atom. The highest BCUT2D eigenvalue weighted by Crippen LogP contribution is 2.34. The highest BCUT2D eigenvalue weighted by Gasteiger charge is 2.34. The summed E-state index contributed by atoms with van der Waals surface area (Å²) < 4.78 is 41.0. The molecule has 2 aliphatic rings. The van der Waals surface area contributed by atoms with E-state index in [0.29, 0.717) is 87.4 Å². The first-order valence-electron chi connectivity index (χ1n) is 17.4. The Morgan fingerprint density at radius 2 is 1.16 bits per heavy atom. The van der Waals surface area contributed by atoms with Gasteiger partial charge in [0.1, 0.15) is 23.1 Å². The number of carbonyl (C=O) groups is 5. The molecule has 2 saturated carbocycles. The summed E-state index contributed by atoms with van der Waals surface area (Å²) in [5.74, 6) is -2.89. The summed E-state index contributed by atoms with van der Waals surface area (Å²) >= 11 is 0. The standard InChI is InChI=1S/C38H46FO10P/c1-3-7-31-32(22-28(39)23-33(31)50)49-38(44)27-14-12-26(13-15-27)37(43)48-30-18-16-29(17-19-30)47-36(42)25-10-8-24(9-11-25)35(41)46-21-6-5-20-45-34(40)4-2/h4,16-19,22-27H,2-3,5-15,20-21,50H2,1H3. The van der Waals surface area contributed by atoms with E-state index in [1.54, 1.807) is 24.3 Å². The quantitative estimate of drug-likeness (QED) is 0.0676. The van der Waals surface area contributed by atoms with Crippen molar-refractivity contribution in [2.24, 2.45) is 23.7 Å². The van der Waals surface area contributed by atoms with Gasteiger partial charge in [-0.1, -0.05) is 19.9 Å². The number of hydrogen-bond acceptors (Lipinski definition) is 10. The fourth-order valence-corrected chi connectivity index (χ4v) is 6.71. The van der Waals surface area contributed by atoms with Crippen LogP contribution in [0, 0.1) is 29.5 Å². The average molecular weight is 713 g/mol. The maximum absolute atomic E-state index is 14.0. The number of carbonyl (C=O) groups excluding carboxylic acids is 5. The van der Waals surface area contributed by atoms with Crippen LogP contribution in [0.3, 0.4) is 0 Å². The molecule has 0 bridgehead atoms. The van der Waals surface area contributed by atoms with Gasteiger partial charge in [-0.2, -0.15) is 0 Å². The molecule has 4 rings (SSSR count). The summed E-state index contributed by atoms with van der Waals surface area (Å²) in [5, 5.41) is 0.669. The molecule has 2 fully saturated rings. The lowest BCUT2D eigenvalue weighted by molar-refractivity contribution is -0.152.